The molecule has 0 saturated heterocycles. The first-order valence-corrected chi connectivity index (χ1v) is 18.0. The van der Waals surface area contributed by atoms with Crippen LogP contribution in [0.4, 0.5) is 4.79 Å². The highest BCUT2D eigenvalue weighted by atomic mass is 16.3. The summed E-state index contributed by atoms with van der Waals surface area (Å²) in [7, 11) is 0. The van der Waals surface area contributed by atoms with Gasteiger partial charge in [-0.05, 0) is 42.5 Å². The third kappa shape index (κ3) is 5.98. The smallest absolute Gasteiger partial charge is 0.320 e. The Kier molecular flexibility index (Phi) is 9.22. The lowest BCUT2D eigenvalue weighted by Crippen LogP contribution is -2.53. The van der Waals surface area contributed by atoms with E-state index in [4.69, 9.17) is 0 Å². The van der Waals surface area contributed by atoms with Crippen LogP contribution in [0.2, 0.25) is 0 Å². The molecule has 0 aliphatic carbocycles. The van der Waals surface area contributed by atoms with Crippen molar-refractivity contribution in [1.82, 2.24) is 29.4 Å². The van der Waals surface area contributed by atoms with Crippen molar-refractivity contribution in [3.8, 4) is 0 Å². The number of aliphatic hydroxyl groups excluding tert-OH is 1. The van der Waals surface area contributed by atoms with Crippen molar-refractivity contribution in [2.45, 2.75) is 6.23 Å². The molecule has 0 aromatic heterocycles. The van der Waals surface area contributed by atoms with E-state index in [1.54, 1.807) is 60.7 Å². The number of imide groups is 3. The summed E-state index contributed by atoms with van der Waals surface area (Å²) in [5, 5.41) is 11.1. The first kappa shape index (κ1) is 36.0. The Morgan fingerprint density at radius 2 is 0.714 bits per heavy atom. The molecule has 0 fully saturated rings. The van der Waals surface area contributed by atoms with E-state index >= 15 is 0 Å². The molecule has 282 valence electrons. The number of nitrogens with zero attached hydrogens (tertiary/aromatic N) is 6. The predicted octanol–water partition coefficient (Wildman–Crippen LogP) is 2.75. The molecule has 9 amide bonds. The van der Waals surface area contributed by atoms with Crippen LogP contribution in [0.15, 0.2) is 97.1 Å². The number of fused-ring (bicyclic) bond motifs is 4. The lowest BCUT2D eigenvalue weighted by molar-refractivity contribution is 0.0141. The van der Waals surface area contributed by atoms with Gasteiger partial charge in [-0.1, -0.05) is 54.6 Å². The minimum absolute atomic E-state index is 0.146. The highest BCUT2D eigenvalue weighted by Crippen LogP contribution is 2.31. The van der Waals surface area contributed by atoms with Crippen LogP contribution in [0.5, 0.6) is 0 Å². The Bertz CT molecular complexity index is 2190. The van der Waals surface area contributed by atoms with Gasteiger partial charge in [0.15, 0.2) is 6.23 Å². The van der Waals surface area contributed by atoms with Crippen molar-refractivity contribution in [2.24, 2.45) is 0 Å². The van der Waals surface area contributed by atoms with Gasteiger partial charge in [-0.2, -0.15) is 0 Å². The molecule has 4 aromatic carbocycles. The molecule has 56 heavy (non-hydrogen) atoms. The minimum Gasteiger partial charge on any atom is -0.369 e. The van der Waals surface area contributed by atoms with Gasteiger partial charge in [-0.25, -0.2) is 4.79 Å². The van der Waals surface area contributed by atoms with Gasteiger partial charge in [0.05, 0.1) is 33.4 Å². The van der Waals surface area contributed by atoms with Gasteiger partial charge in [0.25, 0.3) is 41.4 Å². The zero-order valence-corrected chi connectivity index (χ0v) is 29.9. The summed E-state index contributed by atoms with van der Waals surface area (Å²) in [6.45, 7) is -1.63. The summed E-state index contributed by atoms with van der Waals surface area (Å²) in [4.78, 5) is 115. The van der Waals surface area contributed by atoms with Crippen LogP contribution in [-0.4, -0.2) is 134 Å². The summed E-state index contributed by atoms with van der Waals surface area (Å²) in [5.41, 5.74) is 2.05. The average Bonchev–Trinajstić information content (AvgIpc) is 3.81. The molecule has 15 nitrogen and oxygen atoms in total. The second kappa shape index (κ2) is 14.3. The topological polar surface area (TPSA) is 176 Å². The van der Waals surface area contributed by atoms with Gasteiger partial charge >= 0.3 is 6.03 Å². The molecule has 4 aliphatic heterocycles. The second-order valence-electron chi connectivity index (χ2n) is 13.6. The van der Waals surface area contributed by atoms with E-state index in [9.17, 15) is 43.5 Å². The first-order valence-electron chi connectivity index (χ1n) is 18.0. The molecule has 0 saturated carbocycles. The number of hydrogen-bond donors (Lipinski definition) is 1. The average molecular weight is 755 g/mol. The Labute approximate surface area is 319 Å². The maximum Gasteiger partial charge on any atom is 0.320 e. The zero-order chi connectivity index (χ0) is 39.2. The molecular weight excluding hydrogens is 720 g/mol. The quantitative estimate of drug-likeness (QED) is 0.213. The molecule has 0 spiro atoms. The summed E-state index contributed by atoms with van der Waals surface area (Å²) >= 11 is 0. The standard InChI is InChI=1S/C41H34N6O9/c48-33-25-9-1-2-10-26(25)34(49)44(33)21-17-42(18-22-45-35(50)27-11-3-4-12-28(27)36(45)51)41(56)43(19-23-46-37(52)29-13-5-6-14-30(29)38(46)53)20-24-47-39(54)31-15-7-8-16-32(31)40(47)55/h1-16,33,48H,17-24H2. The number of hydrogen-bond acceptors (Lipinski definition) is 9. The van der Waals surface area contributed by atoms with E-state index in [0.29, 0.717) is 11.1 Å². The van der Waals surface area contributed by atoms with E-state index in [1.165, 1.54) is 51.1 Å². The minimum atomic E-state index is -1.29. The molecule has 8 rings (SSSR count). The van der Waals surface area contributed by atoms with Crippen LogP contribution in [0.3, 0.4) is 0 Å². The third-order valence-corrected chi connectivity index (χ3v) is 10.6. The summed E-state index contributed by atoms with van der Waals surface area (Å²) in [6, 6.07) is 24.9. The van der Waals surface area contributed by atoms with Crippen LogP contribution in [0.25, 0.3) is 0 Å². The fourth-order valence-corrected chi connectivity index (χ4v) is 7.60. The maximum absolute atomic E-state index is 14.7. The Hall–Kier alpha value is -7.00. The molecule has 0 bridgehead atoms. The normalized spacial score (nSPS) is 16.9. The summed E-state index contributed by atoms with van der Waals surface area (Å²) in [6.07, 6.45) is -1.29. The summed E-state index contributed by atoms with van der Waals surface area (Å²) in [5.74, 6) is -3.68. The lowest BCUT2D eigenvalue weighted by Gasteiger charge is -2.34. The molecule has 4 aromatic rings. The third-order valence-electron chi connectivity index (χ3n) is 10.6. The molecule has 1 N–H and O–H groups in total. The van der Waals surface area contributed by atoms with Gasteiger partial charge < -0.3 is 19.8 Å². The number of rotatable bonds is 12. The lowest BCUT2D eigenvalue weighted by atomic mass is 10.1. The van der Waals surface area contributed by atoms with Crippen LogP contribution in [-0.2, 0) is 0 Å². The number of aliphatic hydroxyl groups is 1. The first-order chi connectivity index (χ1) is 27.1. The van der Waals surface area contributed by atoms with Crippen LogP contribution in [0.1, 0.15) is 84.3 Å². The maximum atomic E-state index is 14.7. The van der Waals surface area contributed by atoms with Crippen LogP contribution >= 0.6 is 0 Å². The Morgan fingerprint density at radius 1 is 0.429 bits per heavy atom. The monoisotopic (exact) mass is 754 g/mol. The van der Waals surface area contributed by atoms with Crippen LogP contribution < -0.4 is 0 Å². The molecule has 4 aliphatic rings. The molecule has 1 atom stereocenters. The van der Waals surface area contributed by atoms with Crippen molar-refractivity contribution in [3.05, 3.63) is 142 Å². The fraction of sp³-hybridized carbons (Fsp3) is 0.220. The highest BCUT2D eigenvalue weighted by molar-refractivity contribution is 6.22. The van der Waals surface area contributed by atoms with Crippen molar-refractivity contribution in [3.63, 3.8) is 0 Å². The van der Waals surface area contributed by atoms with Gasteiger partial charge in [0.2, 0.25) is 0 Å². The zero-order valence-electron chi connectivity index (χ0n) is 29.9. The van der Waals surface area contributed by atoms with Gasteiger partial charge in [0, 0.05) is 63.5 Å². The van der Waals surface area contributed by atoms with Gasteiger partial charge in [-0.15, -0.1) is 0 Å². The molecule has 15 heteroatoms. The number of carbonyl (C=O) groups is 8. The van der Waals surface area contributed by atoms with E-state index in [2.05, 4.69) is 0 Å². The summed E-state index contributed by atoms with van der Waals surface area (Å²) < 4.78 is 0. The number of amides is 9. The van der Waals surface area contributed by atoms with E-state index in [0.717, 1.165) is 14.7 Å². The van der Waals surface area contributed by atoms with Crippen molar-refractivity contribution < 1.29 is 43.5 Å². The van der Waals surface area contributed by atoms with Crippen LogP contribution in [0, 0.1) is 0 Å². The number of carbonyl (C=O) groups excluding carboxylic acids is 8. The van der Waals surface area contributed by atoms with E-state index < -0.39 is 53.6 Å². The Morgan fingerprint density at radius 3 is 1.04 bits per heavy atom. The number of urea groups is 1. The molecule has 1 unspecified atom stereocenters. The highest BCUT2D eigenvalue weighted by Gasteiger charge is 2.40. The van der Waals surface area contributed by atoms with E-state index in [1.807, 2.05) is 0 Å². The van der Waals surface area contributed by atoms with Crippen molar-refractivity contribution >= 4 is 47.4 Å². The SMILES string of the molecule is O=C(N(CCN1C(=O)c2ccccc2C1=O)CCN1C(=O)c2ccccc2C1=O)N(CCN1C(=O)c2ccccc2C1=O)CCN1C(=O)c2ccccc2C1O. The van der Waals surface area contributed by atoms with Gasteiger partial charge in [0.1, 0.15) is 0 Å². The fourth-order valence-electron chi connectivity index (χ4n) is 7.60. The van der Waals surface area contributed by atoms with Crippen molar-refractivity contribution in [2.75, 3.05) is 52.4 Å². The predicted molar refractivity (Wildman–Crippen MR) is 196 cm³/mol. The van der Waals surface area contributed by atoms with E-state index in [-0.39, 0.29) is 85.7 Å². The molecule has 0 radical (unpaired) electrons. The second-order valence-corrected chi connectivity index (χ2v) is 13.6. The number of benzene rings is 4. The Balaban J connectivity index is 1.06. The molecular formula is C41H34N6O9. The van der Waals surface area contributed by atoms with Gasteiger partial charge in [-0.3, -0.25) is 48.3 Å². The van der Waals surface area contributed by atoms with Crippen molar-refractivity contribution in [1.29, 1.82) is 0 Å². The largest absolute Gasteiger partial charge is 0.369 e. The molecule has 4 heterocycles.